The molecule has 6 N–H and O–H groups in total. The molecule has 10 heteroatoms. The molecule has 0 aliphatic heterocycles. The number of thiol groups is 4. The maximum atomic E-state index is 10.6. The minimum Gasteiger partial charge on any atom is -0.508 e. The fourth-order valence-corrected chi connectivity index (χ4v) is 6.39. The van der Waals surface area contributed by atoms with Crippen LogP contribution in [0.4, 0.5) is 0 Å². The zero-order valence-electron chi connectivity index (χ0n) is 20.6. The van der Waals surface area contributed by atoms with Gasteiger partial charge in [-0.15, -0.1) is 0 Å². The van der Waals surface area contributed by atoms with Gasteiger partial charge in [0.15, 0.2) is 0 Å². The first kappa shape index (κ1) is 30.0. The highest BCUT2D eigenvalue weighted by Gasteiger charge is 2.34. The Hall–Kier alpha value is -2.50. The molecule has 0 radical (unpaired) electrons. The average molecular weight is 585 g/mol. The van der Waals surface area contributed by atoms with Crippen molar-refractivity contribution in [2.24, 2.45) is 11.5 Å². The molecule has 6 atom stereocenters. The van der Waals surface area contributed by atoms with Gasteiger partial charge >= 0.3 is 0 Å². The van der Waals surface area contributed by atoms with Crippen LogP contribution in [0.3, 0.4) is 0 Å². The number of benzene rings is 2. The highest BCUT2D eigenvalue weighted by atomic mass is 32.1. The molecule has 1 aliphatic carbocycles. The zero-order valence-corrected chi connectivity index (χ0v) is 24.2. The van der Waals surface area contributed by atoms with Gasteiger partial charge in [-0.1, -0.05) is 36.4 Å². The molecule has 0 saturated heterocycles. The lowest BCUT2D eigenvalue weighted by Gasteiger charge is -2.30. The van der Waals surface area contributed by atoms with Crippen LogP contribution < -0.4 is 11.5 Å². The smallest absolute Gasteiger partial charge is 0.119 e. The first-order chi connectivity index (χ1) is 18.1. The van der Waals surface area contributed by atoms with Crippen molar-refractivity contribution in [3.05, 3.63) is 82.2 Å². The lowest BCUT2D eigenvalue weighted by atomic mass is 9.81. The van der Waals surface area contributed by atoms with E-state index in [9.17, 15) is 20.7 Å². The van der Waals surface area contributed by atoms with Crippen LogP contribution in [-0.4, -0.2) is 31.2 Å². The van der Waals surface area contributed by atoms with Gasteiger partial charge in [0.25, 0.3) is 0 Å². The van der Waals surface area contributed by atoms with Gasteiger partial charge in [-0.3, -0.25) is 0 Å². The van der Waals surface area contributed by atoms with E-state index < -0.39 is 32.8 Å². The van der Waals surface area contributed by atoms with E-state index >= 15 is 0 Å². The Kier molecular flexibility index (Phi) is 10.7. The van der Waals surface area contributed by atoms with Crippen LogP contribution in [0.1, 0.15) is 48.6 Å². The first-order valence-corrected chi connectivity index (χ1v) is 14.3. The average Bonchev–Trinajstić information content (AvgIpc) is 2.91. The molecule has 1 aliphatic rings. The van der Waals surface area contributed by atoms with Gasteiger partial charge in [0.1, 0.15) is 11.5 Å². The lowest BCUT2D eigenvalue weighted by Crippen LogP contribution is -2.27. The number of nitrogens with zero attached hydrogens (tertiary/aromatic N) is 2. The van der Waals surface area contributed by atoms with E-state index in [2.05, 4.69) is 12.1 Å². The number of phenolic OH excluding ortho intramolecular Hbond substituents is 2. The molecule has 38 heavy (non-hydrogen) atoms. The summed E-state index contributed by atoms with van der Waals surface area (Å²) in [5.41, 5.74) is 15.4. The van der Waals surface area contributed by atoms with Crippen LogP contribution in [0.5, 0.6) is 11.5 Å². The SMILES string of the molecule is N#C/C1=C(\N)C(S)CCC(S)C(c2ccccc2O)/C(C#N)=C(/N)C(S)CCC(S)C1c1ccccc1O. The summed E-state index contributed by atoms with van der Waals surface area (Å²) in [6, 6.07) is 18.2. The minimum absolute atomic E-state index is 0.0449. The van der Waals surface area contributed by atoms with E-state index in [4.69, 9.17) is 62.0 Å². The number of nitriles is 2. The number of hydrogen-bond donors (Lipinski definition) is 8. The van der Waals surface area contributed by atoms with Crippen LogP contribution in [0.25, 0.3) is 0 Å². The summed E-state index contributed by atoms with van der Waals surface area (Å²) in [7, 11) is 0. The monoisotopic (exact) mass is 584 g/mol. The predicted octanol–water partition coefficient (Wildman–Crippen LogP) is 5.21. The third kappa shape index (κ3) is 6.55. The Morgan fingerprint density at radius 2 is 0.974 bits per heavy atom. The molecule has 0 heterocycles. The number of nitrogens with two attached hydrogens (primary N) is 2. The van der Waals surface area contributed by atoms with E-state index in [0.29, 0.717) is 59.4 Å². The molecule has 200 valence electrons. The Morgan fingerprint density at radius 1 is 0.632 bits per heavy atom. The van der Waals surface area contributed by atoms with E-state index in [1.165, 1.54) is 0 Å². The van der Waals surface area contributed by atoms with Crippen molar-refractivity contribution >= 4 is 50.5 Å². The molecule has 3 rings (SSSR count). The van der Waals surface area contributed by atoms with E-state index in [-0.39, 0.29) is 11.5 Å². The molecule has 0 spiro atoms. The van der Waals surface area contributed by atoms with Crippen molar-refractivity contribution < 1.29 is 10.2 Å². The molecule has 2 aromatic carbocycles. The molecule has 0 aromatic heterocycles. The fraction of sp³-hybridized carbons (Fsp3) is 0.357. The number of phenols is 2. The third-order valence-electron chi connectivity index (χ3n) is 6.99. The van der Waals surface area contributed by atoms with Crippen LogP contribution in [0.15, 0.2) is 71.1 Å². The summed E-state index contributed by atoms with van der Waals surface area (Å²) in [6.45, 7) is 0. The molecule has 0 fully saturated rings. The zero-order chi connectivity index (χ0) is 28.0. The van der Waals surface area contributed by atoms with E-state index in [0.717, 1.165) is 0 Å². The van der Waals surface area contributed by atoms with E-state index in [1.54, 1.807) is 48.5 Å². The van der Waals surface area contributed by atoms with Crippen LogP contribution in [0, 0.1) is 22.7 Å². The second kappa shape index (κ2) is 13.5. The Labute approximate surface area is 246 Å². The Morgan fingerprint density at radius 3 is 1.29 bits per heavy atom. The quantitative estimate of drug-likeness (QED) is 0.228. The molecule has 0 saturated carbocycles. The highest BCUT2D eigenvalue weighted by molar-refractivity contribution is 7.81. The minimum atomic E-state index is -0.593. The largest absolute Gasteiger partial charge is 0.508 e. The highest BCUT2D eigenvalue weighted by Crippen LogP contribution is 2.43. The summed E-state index contributed by atoms with van der Waals surface area (Å²) < 4.78 is 0. The maximum Gasteiger partial charge on any atom is 0.119 e. The van der Waals surface area contributed by atoms with Gasteiger partial charge in [0.2, 0.25) is 0 Å². The van der Waals surface area contributed by atoms with Gasteiger partial charge in [0, 0.05) is 55.4 Å². The third-order valence-corrected chi connectivity index (χ3v) is 9.17. The van der Waals surface area contributed by atoms with Gasteiger partial charge < -0.3 is 21.7 Å². The Bertz CT molecular complexity index is 1200. The summed E-state index contributed by atoms with van der Waals surface area (Å²) in [5, 5.41) is 39.9. The van der Waals surface area contributed by atoms with Crippen LogP contribution in [-0.2, 0) is 0 Å². The summed E-state index contributed by atoms with van der Waals surface area (Å²) in [6.07, 6.45) is 1.78. The lowest BCUT2D eigenvalue weighted by molar-refractivity contribution is 0.460. The van der Waals surface area contributed by atoms with Gasteiger partial charge in [-0.05, 0) is 37.8 Å². The topological polar surface area (TPSA) is 140 Å². The molecular formula is C28H32N4O2S4. The van der Waals surface area contributed by atoms with Crippen molar-refractivity contribution in [2.45, 2.75) is 58.5 Å². The van der Waals surface area contributed by atoms with Crippen molar-refractivity contribution in [1.82, 2.24) is 0 Å². The number of aromatic hydroxyl groups is 2. The summed E-state index contributed by atoms with van der Waals surface area (Å²) >= 11 is 19.1. The number of rotatable bonds is 2. The van der Waals surface area contributed by atoms with Crippen molar-refractivity contribution in [3.8, 4) is 23.6 Å². The van der Waals surface area contributed by atoms with Gasteiger partial charge in [-0.2, -0.15) is 61.0 Å². The Balaban J connectivity index is 2.15. The van der Waals surface area contributed by atoms with Crippen molar-refractivity contribution in [1.29, 1.82) is 10.5 Å². The standard InChI is InChI=1S/C28H32N4O2S4/c29-13-17-25(15-5-1-3-7-19(15)33)21(35)9-11-24(38)28(32)18(14-30)26(16-6-2-4-8-20(16)34)22(36)10-12-23(37)27(17)31/h1-8,21-26,33-38H,9-12,31-32H2/b27-17+,28-18+. The molecule has 6 unspecified atom stereocenters. The number of allylic oxidation sites excluding steroid dienone is 2. The number of hydrogen-bond acceptors (Lipinski definition) is 10. The van der Waals surface area contributed by atoms with Crippen LogP contribution in [0.2, 0.25) is 0 Å². The fourth-order valence-electron chi connectivity index (χ4n) is 4.90. The predicted molar refractivity (Wildman–Crippen MR) is 165 cm³/mol. The van der Waals surface area contributed by atoms with E-state index in [1.807, 2.05) is 0 Å². The second-order valence-electron chi connectivity index (χ2n) is 9.36. The molecule has 0 amide bonds. The van der Waals surface area contributed by atoms with Crippen LogP contribution >= 0.6 is 50.5 Å². The first-order valence-electron chi connectivity index (χ1n) is 12.2. The number of para-hydroxylation sites is 2. The molecule has 0 bridgehead atoms. The maximum absolute atomic E-state index is 10.6. The van der Waals surface area contributed by atoms with Gasteiger partial charge in [0.05, 0.1) is 23.3 Å². The molecular weight excluding hydrogens is 553 g/mol. The summed E-state index contributed by atoms with van der Waals surface area (Å²) in [4.78, 5) is 0. The second-order valence-corrected chi connectivity index (χ2v) is 11.9. The summed E-state index contributed by atoms with van der Waals surface area (Å²) in [5.74, 6) is -1.10. The molecule has 2 aromatic rings. The van der Waals surface area contributed by atoms with Crippen molar-refractivity contribution in [3.63, 3.8) is 0 Å². The van der Waals surface area contributed by atoms with Gasteiger partial charge in [-0.25, -0.2) is 0 Å². The normalized spacial score (nSPS) is 31.5. The molecule has 6 nitrogen and oxygen atoms in total. The van der Waals surface area contributed by atoms with Crippen molar-refractivity contribution in [2.75, 3.05) is 0 Å².